The molecule has 3 N–H and O–H groups in total. The number of aliphatic hydroxyl groups is 1. The average molecular weight is 382 g/mol. The molecule has 0 rings (SSSR count). The molecule has 0 aromatic rings. The number of hydrogen-bond acceptors (Lipinski definition) is 2. The minimum Gasteiger partial charge on any atom is -0.388 e. The monoisotopic (exact) mass is 381 g/mol. The number of rotatable bonds is 22. The fourth-order valence-electron chi connectivity index (χ4n) is 3.67. The zero-order chi connectivity index (χ0) is 19.8. The van der Waals surface area contributed by atoms with Crippen LogP contribution in [0.15, 0.2) is 12.2 Å². The van der Waals surface area contributed by atoms with Gasteiger partial charge in [0.1, 0.15) is 0 Å². The molecule has 0 saturated heterocycles. The number of allylic oxidation sites excluding steroid dienone is 1. The molecule has 0 bridgehead atoms. The topological polar surface area (TPSA) is 46.2 Å². The molecule has 0 aromatic carbocycles. The zero-order valence-corrected chi connectivity index (χ0v) is 18.6. The summed E-state index contributed by atoms with van der Waals surface area (Å²) in [6.45, 7) is 2.62. The summed E-state index contributed by atoms with van der Waals surface area (Å²) in [7, 11) is 0. The standard InChI is InChI=1S/C25H51NO/c1-2-3-4-5-6-7-8-9-10-11-12-13-14-15-16-17-18-19-20-21-22-23-25(27)24-26/h22-23,25,27H,2-21,24,26H2,1H3. The summed E-state index contributed by atoms with van der Waals surface area (Å²) in [4.78, 5) is 0. The lowest BCUT2D eigenvalue weighted by molar-refractivity contribution is 0.231. The highest BCUT2D eigenvalue weighted by atomic mass is 16.3. The molecule has 0 aliphatic heterocycles. The van der Waals surface area contributed by atoms with Crippen LogP contribution in [0.1, 0.15) is 135 Å². The molecule has 0 amide bonds. The Morgan fingerprint density at radius 3 is 1.26 bits per heavy atom. The van der Waals surface area contributed by atoms with Crippen LogP contribution in [-0.2, 0) is 0 Å². The van der Waals surface area contributed by atoms with Gasteiger partial charge in [-0.25, -0.2) is 0 Å². The Morgan fingerprint density at radius 1 is 0.593 bits per heavy atom. The molecular weight excluding hydrogens is 330 g/mol. The second-order valence-electron chi connectivity index (χ2n) is 8.38. The van der Waals surface area contributed by atoms with Crippen LogP contribution in [0, 0.1) is 0 Å². The molecule has 0 saturated carbocycles. The molecule has 0 aliphatic rings. The molecule has 2 nitrogen and oxygen atoms in total. The first-order chi connectivity index (χ1) is 13.3. The maximum absolute atomic E-state index is 9.30. The molecule has 1 unspecified atom stereocenters. The minimum absolute atomic E-state index is 0.329. The van der Waals surface area contributed by atoms with Crippen molar-refractivity contribution in [1.29, 1.82) is 0 Å². The van der Waals surface area contributed by atoms with Crippen molar-refractivity contribution in [2.75, 3.05) is 6.54 Å². The Kier molecular flexibility index (Phi) is 23.4. The predicted molar refractivity (Wildman–Crippen MR) is 122 cm³/mol. The summed E-state index contributed by atoms with van der Waals surface area (Å²) in [5, 5.41) is 9.30. The first-order valence-corrected chi connectivity index (χ1v) is 12.4. The van der Waals surface area contributed by atoms with Crippen molar-refractivity contribution in [3.63, 3.8) is 0 Å². The maximum atomic E-state index is 9.30. The van der Waals surface area contributed by atoms with Crippen LogP contribution in [-0.4, -0.2) is 17.8 Å². The van der Waals surface area contributed by atoms with Gasteiger partial charge in [0, 0.05) is 6.54 Å². The smallest absolute Gasteiger partial charge is 0.0843 e. The van der Waals surface area contributed by atoms with Gasteiger partial charge in [-0.15, -0.1) is 0 Å². The van der Waals surface area contributed by atoms with E-state index in [2.05, 4.69) is 13.0 Å². The van der Waals surface area contributed by atoms with E-state index in [1.165, 1.54) is 122 Å². The second kappa shape index (κ2) is 23.7. The molecule has 0 heterocycles. The summed E-state index contributed by atoms with van der Waals surface area (Å²) in [5.74, 6) is 0. The second-order valence-corrected chi connectivity index (χ2v) is 8.38. The lowest BCUT2D eigenvalue weighted by atomic mass is 10.0. The van der Waals surface area contributed by atoms with E-state index in [1.54, 1.807) is 0 Å². The van der Waals surface area contributed by atoms with Gasteiger partial charge >= 0.3 is 0 Å². The Morgan fingerprint density at radius 2 is 0.926 bits per heavy atom. The van der Waals surface area contributed by atoms with Gasteiger partial charge in [-0.05, 0) is 12.8 Å². The molecule has 27 heavy (non-hydrogen) atoms. The zero-order valence-electron chi connectivity index (χ0n) is 18.6. The van der Waals surface area contributed by atoms with Crippen molar-refractivity contribution < 1.29 is 5.11 Å². The Labute approximate surface area is 171 Å². The molecular formula is C25H51NO. The van der Waals surface area contributed by atoms with Gasteiger partial charge in [-0.3, -0.25) is 0 Å². The first-order valence-electron chi connectivity index (χ1n) is 12.4. The number of aliphatic hydroxyl groups excluding tert-OH is 1. The van der Waals surface area contributed by atoms with E-state index >= 15 is 0 Å². The third kappa shape index (κ3) is 23.6. The maximum Gasteiger partial charge on any atom is 0.0843 e. The number of nitrogens with two attached hydrogens (primary N) is 1. The van der Waals surface area contributed by atoms with Gasteiger partial charge in [0.15, 0.2) is 0 Å². The van der Waals surface area contributed by atoms with Crippen LogP contribution in [0.2, 0.25) is 0 Å². The van der Waals surface area contributed by atoms with Crippen LogP contribution in [0.4, 0.5) is 0 Å². The highest BCUT2D eigenvalue weighted by Crippen LogP contribution is 2.14. The van der Waals surface area contributed by atoms with E-state index in [0.29, 0.717) is 6.54 Å². The van der Waals surface area contributed by atoms with Crippen LogP contribution in [0.25, 0.3) is 0 Å². The molecule has 0 spiro atoms. The Hall–Kier alpha value is -0.340. The summed E-state index contributed by atoms with van der Waals surface area (Å²) >= 11 is 0. The van der Waals surface area contributed by atoms with Gasteiger partial charge in [0.2, 0.25) is 0 Å². The Bertz CT molecular complexity index is 290. The molecule has 0 radical (unpaired) electrons. The van der Waals surface area contributed by atoms with Crippen LogP contribution in [0.5, 0.6) is 0 Å². The van der Waals surface area contributed by atoms with Gasteiger partial charge in [0.05, 0.1) is 6.10 Å². The first kappa shape index (κ1) is 26.7. The summed E-state index contributed by atoms with van der Waals surface area (Å²) in [5.41, 5.74) is 5.36. The third-order valence-electron chi connectivity index (χ3n) is 5.57. The van der Waals surface area contributed by atoms with Crippen molar-refractivity contribution in [1.82, 2.24) is 0 Å². The largest absolute Gasteiger partial charge is 0.388 e. The van der Waals surface area contributed by atoms with Gasteiger partial charge in [-0.2, -0.15) is 0 Å². The van der Waals surface area contributed by atoms with Crippen molar-refractivity contribution in [3.8, 4) is 0 Å². The predicted octanol–water partition coefficient (Wildman–Crippen LogP) is 7.68. The summed E-state index contributed by atoms with van der Waals surface area (Å²) in [6.07, 6.45) is 31.5. The van der Waals surface area contributed by atoms with Crippen LogP contribution in [0.3, 0.4) is 0 Å². The summed E-state index contributed by atoms with van der Waals surface area (Å²) < 4.78 is 0. The SMILES string of the molecule is CCCCCCCCCCCCCCCCCCCCCC=CC(O)CN. The number of hydrogen-bond donors (Lipinski definition) is 2. The van der Waals surface area contributed by atoms with E-state index < -0.39 is 6.10 Å². The molecule has 162 valence electrons. The molecule has 0 aromatic heterocycles. The minimum atomic E-state index is -0.453. The highest BCUT2D eigenvalue weighted by molar-refractivity contribution is 4.88. The van der Waals surface area contributed by atoms with E-state index in [0.717, 1.165) is 6.42 Å². The van der Waals surface area contributed by atoms with Crippen LogP contribution >= 0.6 is 0 Å². The average Bonchev–Trinajstić information content (AvgIpc) is 2.68. The van der Waals surface area contributed by atoms with E-state index in [1.807, 2.05) is 6.08 Å². The molecule has 0 aliphatic carbocycles. The lowest BCUT2D eigenvalue weighted by Gasteiger charge is -2.04. The van der Waals surface area contributed by atoms with E-state index in [-0.39, 0.29) is 0 Å². The molecule has 0 fully saturated rings. The lowest BCUT2D eigenvalue weighted by Crippen LogP contribution is -2.16. The van der Waals surface area contributed by atoms with Gasteiger partial charge in [0.25, 0.3) is 0 Å². The molecule has 1 atom stereocenters. The number of unbranched alkanes of at least 4 members (excludes halogenated alkanes) is 19. The van der Waals surface area contributed by atoms with Crippen molar-refractivity contribution >= 4 is 0 Å². The quantitative estimate of drug-likeness (QED) is 0.149. The van der Waals surface area contributed by atoms with Crippen LogP contribution < -0.4 is 5.73 Å². The summed E-state index contributed by atoms with van der Waals surface area (Å²) in [6, 6.07) is 0. The fourth-order valence-corrected chi connectivity index (χ4v) is 3.67. The highest BCUT2D eigenvalue weighted by Gasteiger charge is 1.95. The van der Waals surface area contributed by atoms with Crippen molar-refractivity contribution in [2.24, 2.45) is 5.73 Å². The van der Waals surface area contributed by atoms with E-state index in [9.17, 15) is 5.11 Å². The van der Waals surface area contributed by atoms with Gasteiger partial charge < -0.3 is 10.8 Å². The van der Waals surface area contributed by atoms with Crippen molar-refractivity contribution in [3.05, 3.63) is 12.2 Å². The Balaban J connectivity index is 3.04. The third-order valence-corrected chi connectivity index (χ3v) is 5.57. The molecule has 2 heteroatoms. The van der Waals surface area contributed by atoms with Crippen molar-refractivity contribution in [2.45, 2.75) is 141 Å². The normalized spacial score (nSPS) is 12.9. The van der Waals surface area contributed by atoms with E-state index in [4.69, 9.17) is 5.73 Å². The van der Waals surface area contributed by atoms with Gasteiger partial charge in [-0.1, -0.05) is 135 Å². The fraction of sp³-hybridized carbons (Fsp3) is 0.920.